The molecule has 0 aliphatic heterocycles. The SMILES string of the molecule is CCNC(COC)Cc1cc(OC)c(OC)cc1[N+](=O)[O-]. The molecule has 0 radical (unpaired) electrons. The number of hydrogen-bond donors (Lipinski definition) is 1. The van der Waals surface area contributed by atoms with Crippen LogP contribution in [0.2, 0.25) is 0 Å². The fraction of sp³-hybridized carbons (Fsp3) is 0.571. The number of nitro benzene ring substituents is 1. The van der Waals surface area contributed by atoms with Gasteiger partial charge in [-0.3, -0.25) is 10.1 Å². The molecule has 1 unspecified atom stereocenters. The van der Waals surface area contributed by atoms with Crippen LogP contribution in [0.15, 0.2) is 12.1 Å². The minimum absolute atomic E-state index is 0.00296. The van der Waals surface area contributed by atoms with Crippen LogP contribution in [0.25, 0.3) is 0 Å². The van der Waals surface area contributed by atoms with Crippen LogP contribution in [0.4, 0.5) is 5.69 Å². The maximum absolute atomic E-state index is 11.2. The molecule has 21 heavy (non-hydrogen) atoms. The second-order valence-corrected chi connectivity index (χ2v) is 4.51. The maximum Gasteiger partial charge on any atom is 0.276 e. The van der Waals surface area contributed by atoms with Crippen LogP contribution in [0, 0.1) is 10.1 Å². The third-order valence-corrected chi connectivity index (χ3v) is 3.11. The van der Waals surface area contributed by atoms with Gasteiger partial charge in [0, 0.05) is 18.7 Å². The molecule has 1 aromatic rings. The lowest BCUT2D eigenvalue weighted by Gasteiger charge is -2.18. The van der Waals surface area contributed by atoms with Crippen molar-refractivity contribution in [2.24, 2.45) is 0 Å². The van der Waals surface area contributed by atoms with Crippen molar-refractivity contribution in [3.8, 4) is 11.5 Å². The van der Waals surface area contributed by atoms with E-state index in [1.807, 2.05) is 6.92 Å². The Kier molecular flexibility index (Phi) is 6.90. The van der Waals surface area contributed by atoms with E-state index in [9.17, 15) is 10.1 Å². The molecule has 1 aromatic carbocycles. The van der Waals surface area contributed by atoms with Crippen molar-refractivity contribution in [3.63, 3.8) is 0 Å². The summed E-state index contributed by atoms with van der Waals surface area (Å²) in [5, 5.41) is 14.5. The zero-order valence-electron chi connectivity index (χ0n) is 12.8. The highest BCUT2D eigenvalue weighted by Gasteiger charge is 2.22. The van der Waals surface area contributed by atoms with E-state index in [1.54, 1.807) is 13.2 Å². The van der Waals surface area contributed by atoms with Gasteiger partial charge in [-0.2, -0.15) is 0 Å². The normalized spacial score (nSPS) is 12.0. The predicted octanol–water partition coefficient (Wildman–Crippen LogP) is 1.78. The smallest absolute Gasteiger partial charge is 0.276 e. The van der Waals surface area contributed by atoms with Crippen molar-refractivity contribution in [2.45, 2.75) is 19.4 Å². The summed E-state index contributed by atoms with van der Waals surface area (Å²) >= 11 is 0. The van der Waals surface area contributed by atoms with E-state index >= 15 is 0 Å². The highest BCUT2D eigenvalue weighted by Crippen LogP contribution is 2.35. The first-order chi connectivity index (χ1) is 10.1. The van der Waals surface area contributed by atoms with Crippen molar-refractivity contribution >= 4 is 5.69 Å². The molecule has 1 atom stereocenters. The average molecular weight is 298 g/mol. The Bertz CT molecular complexity index is 473. The molecule has 0 spiro atoms. The summed E-state index contributed by atoms with van der Waals surface area (Å²) in [6.45, 7) is 3.21. The van der Waals surface area contributed by atoms with Gasteiger partial charge >= 0.3 is 0 Å². The molecule has 0 amide bonds. The summed E-state index contributed by atoms with van der Waals surface area (Å²) < 4.78 is 15.5. The molecule has 1 N–H and O–H groups in total. The fourth-order valence-electron chi connectivity index (χ4n) is 2.19. The van der Waals surface area contributed by atoms with E-state index in [0.717, 1.165) is 6.54 Å². The highest BCUT2D eigenvalue weighted by atomic mass is 16.6. The molecule has 0 heterocycles. The molecule has 0 fully saturated rings. The third-order valence-electron chi connectivity index (χ3n) is 3.11. The average Bonchev–Trinajstić information content (AvgIpc) is 2.47. The number of rotatable bonds is 9. The van der Waals surface area contributed by atoms with E-state index in [0.29, 0.717) is 30.1 Å². The lowest BCUT2D eigenvalue weighted by molar-refractivity contribution is -0.385. The van der Waals surface area contributed by atoms with Crippen LogP contribution >= 0.6 is 0 Å². The van der Waals surface area contributed by atoms with Crippen LogP contribution in [-0.2, 0) is 11.2 Å². The summed E-state index contributed by atoms with van der Waals surface area (Å²) in [6.07, 6.45) is 0.471. The Morgan fingerprint density at radius 3 is 2.33 bits per heavy atom. The van der Waals surface area contributed by atoms with Gasteiger partial charge in [0.2, 0.25) is 0 Å². The zero-order valence-corrected chi connectivity index (χ0v) is 12.8. The number of hydrogen-bond acceptors (Lipinski definition) is 6. The van der Waals surface area contributed by atoms with E-state index in [2.05, 4.69) is 5.32 Å². The molecular formula is C14H22N2O5. The molecule has 7 nitrogen and oxygen atoms in total. The molecule has 0 aromatic heterocycles. The second-order valence-electron chi connectivity index (χ2n) is 4.51. The molecule has 0 aliphatic rings. The zero-order chi connectivity index (χ0) is 15.8. The minimum atomic E-state index is -0.410. The third kappa shape index (κ3) is 4.57. The number of nitrogens with one attached hydrogen (secondary N) is 1. The first kappa shape index (κ1) is 17.2. The van der Waals surface area contributed by atoms with Crippen molar-refractivity contribution in [3.05, 3.63) is 27.8 Å². The maximum atomic E-state index is 11.2. The van der Waals surface area contributed by atoms with E-state index in [4.69, 9.17) is 14.2 Å². The standard InChI is InChI=1S/C14H22N2O5/c1-5-15-11(9-19-2)6-10-7-13(20-3)14(21-4)8-12(10)16(17)18/h7-8,11,15H,5-6,9H2,1-4H3. The van der Waals surface area contributed by atoms with Gasteiger partial charge in [-0.05, 0) is 19.0 Å². The molecule has 0 saturated carbocycles. The predicted molar refractivity (Wildman–Crippen MR) is 79.2 cm³/mol. The molecule has 0 saturated heterocycles. The number of methoxy groups -OCH3 is 3. The number of benzene rings is 1. The van der Waals surface area contributed by atoms with Crippen molar-refractivity contribution < 1.29 is 19.1 Å². The molecule has 0 bridgehead atoms. The first-order valence-corrected chi connectivity index (χ1v) is 6.68. The van der Waals surface area contributed by atoms with Crippen LogP contribution in [0.1, 0.15) is 12.5 Å². The molecular weight excluding hydrogens is 276 g/mol. The summed E-state index contributed by atoms with van der Waals surface area (Å²) in [5.74, 6) is 0.824. The first-order valence-electron chi connectivity index (χ1n) is 6.68. The van der Waals surface area contributed by atoms with E-state index in [-0.39, 0.29) is 11.7 Å². The summed E-state index contributed by atoms with van der Waals surface area (Å²) in [7, 11) is 4.56. The number of nitro groups is 1. The Morgan fingerprint density at radius 2 is 1.86 bits per heavy atom. The molecule has 118 valence electrons. The Morgan fingerprint density at radius 1 is 1.24 bits per heavy atom. The van der Waals surface area contributed by atoms with Crippen LogP contribution in [0.3, 0.4) is 0 Å². The fourth-order valence-corrected chi connectivity index (χ4v) is 2.19. The van der Waals surface area contributed by atoms with Crippen molar-refractivity contribution in [1.82, 2.24) is 5.32 Å². The summed E-state index contributed by atoms with van der Waals surface area (Å²) in [6, 6.07) is 3.04. The van der Waals surface area contributed by atoms with Crippen LogP contribution in [0.5, 0.6) is 11.5 Å². The van der Waals surface area contributed by atoms with Gasteiger partial charge in [-0.25, -0.2) is 0 Å². The molecule has 0 aliphatic carbocycles. The van der Waals surface area contributed by atoms with Crippen molar-refractivity contribution in [2.75, 3.05) is 34.5 Å². The molecule has 7 heteroatoms. The number of nitrogens with zero attached hydrogens (tertiary/aromatic N) is 1. The van der Waals surface area contributed by atoms with Gasteiger partial charge < -0.3 is 19.5 Å². The van der Waals surface area contributed by atoms with Gasteiger partial charge in [0.1, 0.15) is 0 Å². The Hall–Kier alpha value is -1.86. The summed E-state index contributed by atoms with van der Waals surface area (Å²) in [4.78, 5) is 10.8. The van der Waals surface area contributed by atoms with Gasteiger partial charge in [0.25, 0.3) is 5.69 Å². The number of ether oxygens (including phenoxy) is 3. The molecule has 1 rings (SSSR count). The van der Waals surface area contributed by atoms with Gasteiger partial charge in [0.05, 0.1) is 31.8 Å². The van der Waals surface area contributed by atoms with E-state index in [1.165, 1.54) is 20.3 Å². The lowest BCUT2D eigenvalue weighted by atomic mass is 10.0. The second kappa shape index (κ2) is 8.43. The van der Waals surface area contributed by atoms with Crippen LogP contribution < -0.4 is 14.8 Å². The summed E-state index contributed by atoms with van der Waals surface area (Å²) in [5.41, 5.74) is 0.604. The van der Waals surface area contributed by atoms with E-state index < -0.39 is 4.92 Å². The van der Waals surface area contributed by atoms with Gasteiger partial charge in [-0.15, -0.1) is 0 Å². The largest absolute Gasteiger partial charge is 0.493 e. The number of likely N-dealkylation sites (N-methyl/N-ethyl adjacent to an activating group) is 1. The highest BCUT2D eigenvalue weighted by molar-refractivity contribution is 5.54. The lowest BCUT2D eigenvalue weighted by Crippen LogP contribution is -2.35. The Balaban J connectivity index is 3.15. The van der Waals surface area contributed by atoms with Gasteiger partial charge in [0.15, 0.2) is 11.5 Å². The monoisotopic (exact) mass is 298 g/mol. The Labute approximate surface area is 124 Å². The topological polar surface area (TPSA) is 82.9 Å². The quantitative estimate of drug-likeness (QED) is 0.552. The van der Waals surface area contributed by atoms with Crippen LogP contribution in [-0.4, -0.2) is 45.4 Å². The van der Waals surface area contributed by atoms with Gasteiger partial charge in [-0.1, -0.05) is 6.92 Å². The minimum Gasteiger partial charge on any atom is -0.493 e. The van der Waals surface area contributed by atoms with Crippen molar-refractivity contribution in [1.29, 1.82) is 0 Å².